The third-order valence-corrected chi connectivity index (χ3v) is 4.93. The van der Waals surface area contributed by atoms with Gasteiger partial charge in [0.1, 0.15) is 0 Å². The first-order valence-corrected chi connectivity index (χ1v) is 8.25. The number of para-hydroxylation sites is 1. The highest BCUT2D eigenvalue weighted by atomic mass is 16.2. The third kappa shape index (κ3) is 2.67. The summed E-state index contributed by atoms with van der Waals surface area (Å²) in [6, 6.07) is 7.65. The standard InChI is InChI=1S/C19H24N2O2/c1-12-9-13(2)21(19(3,4)10-12)18(23)17(22)15-11-20-16-8-6-5-7-14(15)16/h5-8,11-13,20H,9-10H2,1-4H3. The Morgan fingerprint density at radius 1 is 1.22 bits per heavy atom. The molecule has 23 heavy (non-hydrogen) atoms. The van der Waals surface area contributed by atoms with Gasteiger partial charge in [-0.2, -0.15) is 0 Å². The molecule has 2 atom stereocenters. The quantitative estimate of drug-likeness (QED) is 0.678. The molecule has 0 bridgehead atoms. The van der Waals surface area contributed by atoms with Crippen LogP contribution in [0.2, 0.25) is 0 Å². The summed E-state index contributed by atoms with van der Waals surface area (Å²) in [7, 11) is 0. The zero-order chi connectivity index (χ0) is 16.8. The number of hydrogen-bond acceptors (Lipinski definition) is 2. The number of likely N-dealkylation sites (tertiary alicyclic amines) is 1. The van der Waals surface area contributed by atoms with Gasteiger partial charge in [0.05, 0.1) is 5.56 Å². The van der Waals surface area contributed by atoms with Crippen LogP contribution in [0.5, 0.6) is 0 Å². The number of ketones is 1. The Morgan fingerprint density at radius 3 is 2.61 bits per heavy atom. The fourth-order valence-electron chi connectivity index (χ4n) is 4.28. The molecule has 2 aromatic rings. The van der Waals surface area contributed by atoms with E-state index in [9.17, 15) is 9.59 Å². The average molecular weight is 312 g/mol. The molecule has 1 aliphatic rings. The van der Waals surface area contributed by atoms with Crippen LogP contribution in [0.3, 0.4) is 0 Å². The smallest absolute Gasteiger partial charge is 0.295 e. The molecule has 1 aliphatic heterocycles. The summed E-state index contributed by atoms with van der Waals surface area (Å²) in [6.07, 6.45) is 3.51. The highest BCUT2D eigenvalue weighted by Gasteiger charge is 2.42. The number of benzene rings is 1. The van der Waals surface area contributed by atoms with Gasteiger partial charge in [-0.1, -0.05) is 25.1 Å². The zero-order valence-electron chi connectivity index (χ0n) is 14.2. The van der Waals surface area contributed by atoms with Crippen LogP contribution < -0.4 is 0 Å². The van der Waals surface area contributed by atoms with Gasteiger partial charge in [0, 0.05) is 28.7 Å². The van der Waals surface area contributed by atoms with Crippen LogP contribution in [0.4, 0.5) is 0 Å². The minimum atomic E-state index is -0.420. The van der Waals surface area contributed by atoms with E-state index in [1.54, 1.807) is 11.1 Å². The van der Waals surface area contributed by atoms with E-state index in [4.69, 9.17) is 0 Å². The van der Waals surface area contributed by atoms with E-state index < -0.39 is 5.78 Å². The summed E-state index contributed by atoms with van der Waals surface area (Å²) < 4.78 is 0. The van der Waals surface area contributed by atoms with Crippen molar-refractivity contribution in [3.63, 3.8) is 0 Å². The molecule has 1 N–H and O–H groups in total. The van der Waals surface area contributed by atoms with Gasteiger partial charge in [0.2, 0.25) is 0 Å². The van der Waals surface area contributed by atoms with Crippen molar-refractivity contribution in [3.05, 3.63) is 36.0 Å². The lowest BCUT2D eigenvalue weighted by Gasteiger charge is -2.48. The third-order valence-electron chi connectivity index (χ3n) is 4.93. The number of aromatic amines is 1. The fourth-order valence-corrected chi connectivity index (χ4v) is 4.28. The van der Waals surface area contributed by atoms with Gasteiger partial charge >= 0.3 is 0 Å². The number of aromatic nitrogens is 1. The van der Waals surface area contributed by atoms with Gasteiger partial charge in [-0.25, -0.2) is 0 Å². The molecule has 1 amide bonds. The van der Waals surface area contributed by atoms with Gasteiger partial charge < -0.3 is 9.88 Å². The van der Waals surface area contributed by atoms with Crippen molar-refractivity contribution < 1.29 is 9.59 Å². The monoisotopic (exact) mass is 312 g/mol. The molecule has 0 saturated carbocycles. The maximum Gasteiger partial charge on any atom is 0.295 e. The minimum Gasteiger partial charge on any atom is -0.360 e. The number of H-pyrrole nitrogens is 1. The largest absolute Gasteiger partial charge is 0.360 e. The van der Waals surface area contributed by atoms with E-state index in [0.717, 1.165) is 23.7 Å². The number of nitrogens with zero attached hydrogens (tertiary/aromatic N) is 1. The maximum atomic E-state index is 12.9. The molecule has 1 fully saturated rings. The first-order chi connectivity index (χ1) is 10.8. The van der Waals surface area contributed by atoms with Gasteiger partial charge in [0.25, 0.3) is 11.7 Å². The van der Waals surface area contributed by atoms with Gasteiger partial charge in [-0.05, 0) is 45.6 Å². The molecular formula is C19H24N2O2. The number of nitrogens with one attached hydrogen (secondary N) is 1. The normalized spacial score (nSPS) is 23.9. The van der Waals surface area contributed by atoms with E-state index >= 15 is 0 Å². The number of rotatable bonds is 2. The summed E-state index contributed by atoms with van der Waals surface area (Å²) >= 11 is 0. The van der Waals surface area contributed by atoms with Crippen molar-refractivity contribution in [2.45, 2.75) is 52.1 Å². The van der Waals surface area contributed by atoms with E-state index in [2.05, 4.69) is 25.8 Å². The van der Waals surface area contributed by atoms with Crippen molar-refractivity contribution in [2.24, 2.45) is 5.92 Å². The molecule has 1 aromatic carbocycles. The second kappa shape index (κ2) is 5.52. The second-order valence-corrected chi connectivity index (χ2v) is 7.46. The first kappa shape index (κ1) is 15.8. The Balaban J connectivity index is 1.94. The SMILES string of the molecule is CC1CC(C)N(C(=O)C(=O)c2c[nH]c3ccccc23)C(C)(C)C1. The molecule has 122 valence electrons. The van der Waals surface area contributed by atoms with Crippen molar-refractivity contribution in [2.75, 3.05) is 0 Å². The van der Waals surface area contributed by atoms with Crippen LogP contribution in [0.15, 0.2) is 30.5 Å². The number of fused-ring (bicyclic) bond motifs is 1. The van der Waals surface area contributed by atoms with Crippen molar-refractivity contribution >= 4 is 22.6 Å². The highest BCUT2D eigenvalue weighted by Crippen LogP contribution is 2.35. The average Bonchev–Trinajstić information content (AvgIpc) is 2.88. The Morgan fingerprint density at radius 2 is 1.91 bits per heavy atom. The Bertz CT molecular complexity index is 760. The van der Waals surface area contributed by atoms with E-state index in [1.807, 2.05) is 31.2 Å². The molecule has 0 aliphatic carbocycles. The summed E-state index contributed by atoms with van der Waals surface area (Å²) in [6.45, 7) is 8.36. The number of carbonyl (C=O) groups is 2. The summed E-state index contributed by atoms with van der Waals surface area (Å²) in [4.78, 5) is 30.6. The van der Waals surface area contributed by atoms with Crippen LogP contribution >= 0.6 is 0 Å². The van der Waals surface area contributed by atoms with Crippen molar-refractivity contribution in [1.29, 1.82) is 0 Å². The van der Waals surface area contributed by atoms with Crippen LogP contribution in [0.1, 0.15) is 50.9 Å². The molecule has 2 heterocycles. The highest BCUT2D eigenvalue weighted by molar-refractivity contribution is 6.45. The number of hydrogen-bond donors (Lipinski definition) is 1. The Labute approximate surface area is 136 Å². The van der Waals surface area contributed by atoms with Gasteiger partial charge in [0.15, 0.2) is 0 Å². The molecule has 0 radical (unpaired) electrons. The predicted octanol–water partition coefficient (Wildman–Crippen LogP) is 3.78. The molecule has 4 heteroatoms. The predicted molar refractivity (Wildman–Crippen MR) is 91.4 cm³/mol. The molecule has 4 nitrogen and oxygen atoms in total. The lowest BCUT2D eigenvalue weighted by atomic mass is 9.80. The van der Waals surface area contributed by atoms with E-state index in [0.29, 0.717) is 11.5 Å². The lowest BCUT2D eigenvalue weighted by Crippen LogP contribution is -2.58. The molecule has 1 saturated heterocycles. The molecule has 3 rings (SSSR count). The van der Waals surface area contributed by atoms with Crippen LogP contribution in [0.25, 0.3) is 10.9 Å². The molecule has 0 spiro atoms. The van der Waals surface area contributed by atoms with Gasteiger partial charge in [-0.15, -0.1) is 0 Å². The van der Waals surface area contributed by atoms with E-state index in [1.165, 1.54) is 0 Å². The van der Waals surface area contributed by atoms with Gasteiger partial charge in [-0.3, -0.25) is 9.59 Å². The van der Waals surface area contributed by atoms with Crippen molar-refractivity contribution in [3.8, 4) is 0 Å². The molecule has 1 aromatic heterocycles. The fraction of sp³-hybridized carbons (Fsp3) is 0.474. The number of amides is 1. The number of Topliss-reactive ketones (excluding diaryl/α,β-unsaturated/α-hetero) is 1. The van der Waals surface area contributed by atoms with Crippen molar-refractivity contribution in [1.82, 2.24) is 9.88 Å². The second-order valence-electron chi connectivity index (χ2n) is 7.46. The first-order valence-electron chi connectivity index (χ1n) is 8.25. The maximum absolute atomic E-state index is 12.9. The van der Waals surface area contributed by atoms with Crippen LogP contribution in [0, 0.1) is 5.92 Å². The van der Waals surface area contributed by atoms with E-state index in [-0.39, 0.29) is 17.5 Å². The molecule has 2 unspecified atom stereocenters. The number of piperidine rings is 1. The summed E-state index contributed by atoms with van der Waals surface area (Å²) in [5, 5.41) is 0.807. The molecular weight excluding hydrogens is 288 g/mol. The van der Waals surface area contributed by atoms with Crippen LogP contribution in [-0.2, 0) is 4.79 Å². The Hall–Kier alpha value is -2.10. The number of carbonyl (C=O) groups excluding carboxylic acids is 2. The lowest BCUT2D eigenvalue weighted by molar-refractivity contribution is -0.138. The minimum absolute atomic E-state index is 0.0791. The summed E-state index contributed by atoms with van der Waals surface area (Å²) in [5.41, 5.74) is 1.05. The van der Waals surface area contributed by atoms with Crippen LogP contribution in [-0.4, -0.2) is 33.2 Å². The topological polar surface area (TPSA) is 53.2 Å². The Kier molecular flexibility index (Phi) is 3.78. The summed E-state index contributed by atoms with van der Waals surface area (Å²) in [5.74, 6) is -0.247. The zero-order valence-corrected chi connectivity index (χ0v) is 14.2.